The van der Waals surface area contributed by atoms with E-state index in [0.29, 0.717) is 0 Å². The van der Waals surface area contributed by atoms with Crippen LogP contribution in [0.25, 0.3) is 0 Å². The van der Waals surface area contributed by atoms with Crippen molar-refractivity contribution in [2.45, 2.75) is 31.8 Å². The van der Waals surface area contributed by atoms with E-state index >= 15 is 0 Å². The molecule has 0 aliphatic carbocycles. The lowest BCUT2D eigenvalue weighted by atomic mass is 10.1. The number of hydrogen-bond acceptors (Lipinski definition) is 1. The maximum Gasteiger partial charge on any atom is 0.513 e. The summed E-state index contributed by atoms with van der Waals surface area (Å²) in [6, 6.07) is 9.58. The minimum atomic E-state index is -2.10. The first kappa shape index (κ1) is 14.8. The van der Waals surface area contributed by atoms with Crippen molar-refractivity contribution >= 4 is 25.4 Å². The van der Waals surface area contributed by atoms with Gasteiger partial charge in [-0.25, -0.2) is 0 Å². The Morgan fingerprint density at radius 1 is 1.33 bits per heavy atom. The number of unbranched alkanes of at least 4 members (excludes halogenated alkanes) is 1. The third kappa shape index (κ3) is 4.91. The molecule has 0 spiro atoms. The zero-order valence-corrected chi connectivity index (χ0v) is 9.28. The second kappa shape index (κ2) is 8.02. The molecular weight excluding hydrogens is 222 g/mol. The van der Waals surface area contributed by atoms with E-state index in [2.05, 4.69) is 6.92 Å². The first-order chi connectivity index (χ1) is 6.75. The van der Waals surface area contributed by atoms with E-state index in [4.69, 9.17) is 0 Å². The van der Waals surface area contributed by atoms with Crippen LogP contribution in [0.2, 0.25) is 0 Å². The molecule has 4 heteroatoms. The lowest BCUT2D eigenvalue weighted by molar-refractivity contribution is 0.483. The molecule has 1 N–H and O–H groups in total. The molecule has 0 radical (unpaired) electrons. The summed E-state index contributed by atoms with van der Waals surface area (Å²) in [4.78, 5) is 9.20. The minimum Gasteiger partial charge on any atom is -0.160 e. The summed E-state index contributed by atoms with van der Waals surface area (Å²) in [7, 11) is -2.10. The van der Waals surface area contributed by atoms with Gasteiger partial charge >= 0.3 is 8.03 Å². The minimum absolute atomic E-state index is 0. The van der Waals surface area contributed by atoms with Gasteiger partial charge in [0.25, 0.3) is 0 Å². The van der Waals surface area contributed by atoms with Crippen LogP contribution in [-0.2, 0) is 4.57 Å². The van der Waals surface area contributed by atoms with Gasteiger partial charge in [-0.1, -0.05) is 43.7 Å². The summed E-state index contributed by atoms with van der Waals surface area (Å²) < 4.78 is 11.2. The molecule has 0 aromatic heterocycles. The molecule has 0 fully saturated rings. The molecule has 0 aliphatic rings. The van der Waals surface area contributed by atoms with E-state index in [1.807, 2.05) is 30.3 Å². The Morgan fingerprint density at radius 2 is 1.93 bits per heavy atom. The SMILES string of the molecule is CCCCC(c1ccccc1)[P+](=O)O.[AlH3]. The molecule has 0 heterocycles. The van der Waals surface area contributed by atoms with E-state index in [9.17, 15) is 9.46 Å². The van der Waals surface area contributed by atoms with Crippen LogP contribution in [0.15, 0.2) is 30.3 Å². The van der Waals surface area contributed by atoms with Crippen molar-refractivity contribution in [3.63, 3.8) is 0 Å². The van der Waals surface area contributed by atoms with E-state index < -0.39 is 8.03 Å². The summed E-state index contributed by atoms with van der Waals surface area (Å²) in [5.74, 6) is 0. The van der Waals surface area contributed by atoms with Crippen molar-refractivity contribution in [2.75, 3.05) is 0 Å². The molecule has 82 valence electrons. The van der Waals surface area contributed by atoms with Crippen LogP contribution in [0.4, 0.5) is 0 Å². The van der Waals surface area contributed by atoms with Crippen molar-refractivity contribution < 1.29 is 9.46 Å². The van der Waals surface area contributed by atoms with Crippen LogP contribution in [0.1, 0.15) is 37.4 Å². The predicted octanol–water partition coefficient (Wildman–Crippen LogP) is 2.47. The smallest absolute Gasteiger partial charge is 0.160 e. The van der Waals surface area contributed by atoms with Gasteiger partial charge in [0.15, 0.2) is 17.4 Å². The molecule has 0 amide bonds. The van der Waals surface area contributed by atoms with Crippen LogP contribution >= 0.6 is 8.03 Å². The molecular formula is C11H19AlO2P+. The van der Waals surface area contributed by atoms with Crippen molar-refractivity contribution in [2.24, 2.45) is 0 Å². The highest BCUT2D eigenvalue weighted by atomic mass is 31.1. The summed E-state index contributed by atoms with van der Waals surface area (Å²) in [5.41, 5.74) is 0.788. The summed E-state index contributed by atoms with van der Waals surface area (Å²) >= 11 is 0. The van der Waals surface area contributed by atoms with Gasteiger partial charge in [0, 0.05) is 12.0 Å². The van der Waals surface area contributed by atoms with Gasteiger partial charge < -0.3 is 0 Å². The van der Waals surface area contributed by atoms with Crippen molar-refractivity contribution in [1.82, 2.24) is 0 Å². The normalized spacial score (nSPS) is 12.8. The molecule has 0 aliphatic heterocycles. The highest BCUT2D eigenvalue weighted by Gasteiger charge is 2.29. The maximum atomic E-state index is 11.2. The molecule has 0 saturated heterocycles. The van der Waals surface area contributed by atoms with Crippen molar-refractivity contribution in [3.05, 3.63) is 35.9 Å². The van der Waals surface area contributed by atoms with Crippen LogP contribution < -0.4 is 0 Å². The van der Waals surface area contributed by atoms with E-state index in [1.165, 1.54) is 0 Å². The molecule has 1 aromatic rings. The maximum absolute atomic E-state index is 11.2. The fraction of sp³-hybridized carbons (Fsp3) is 0.455. The predicted molar refractivity (Wildman–Crippen MR) is 68.5 cm³/mol. The van der Waals surface area contributed by atoms with E-state index in [0.717, 1.165) is 24.8 Å². The highest BCUT2D eigenvalue weighted by molar-refractivity contribution is 7.38. The summed E-state index contributed by atoms with van der Waals surface area (Å²) in [6.07, 6.45) is 2.86. The van der Waals surface area contributed by atoms with Crippen LogP contribution in [0.5, 0.6) is 0 Å². The molecule has 2 nitrogen and oxygen atoms in total. The molecule has 0 saturated carbocycles. The van der Waals surface area contributed by atoms with Gasteiger partial charge in [0.2, 0.25) is 5.66 Å². The fourth-order valence-corrected chi connectivity index (χ4v) is 2.31. The molecule has 0 bridgehead atoms. The Kier molecular flexibility index (Phi) is 7.92. The van der Waals surface area contributed by atoms with Crippen LogP contribution in [0, 0.1) is 0 Å². The Bertz CT molecular complexity index is 290. The largest absolute Gasteiger partial charge is 0.513 e. The standard InChI is InChI=1S/C11H15O2P.Al.3H/c1-2-3-9-11(14(12)13)10-7-5-4-6-8-10;;;;/h4-8,11H,2-3,9H2,1H3;;;;/p+1. The number of benzene rings is 1. The van der Waals surface area contributed by atoms with Gasteiger partial charge in [-0.15, -0.1) is 0 Å². The first-order valence-electron chi connectivity index (χ1n) is 4.96. The number of rotatable bonds is 5. The lowest BCUT2D eigenvalue weighted by Crippen LogP contribution is -1.93. The molecule has 1 aromatic carbocycles. The van der Waals surface area contributed by atoms with Crippen LogP contribution in [-0.4, -0.2) is 22.3 Å². The third-order valence-electron chi connectivity index (χ3n) is 2.28. The summed E-state index contributed by atoms with van der Waals surface area (Å²) in [5, 5.41) is 0. The Morgan fingerprint density at radius 3 is 2.40 bits per heavy atom. The topological polar surface area (TPSA) is 37.3 Å². The van der Waals surface area contributed by atoms with Gasteiger partial charge in [0.1, 0.15) is 0 Å². The quantitative estimate of drug-likeness (QED) is 0.635. The van der Waals surface area contributed by atoms with Gasteiger partial charge in [-0.2, -0.15) is 4.89 Å². The molecule has 2 unspecified atom stereocenters. The second-order valence-corrected chi connectivity index (χ2v) is 4.60. The second-order valence-electron chi connectivity index (χ2n) is 3.37. The van der Waals surface area contributed by atoms with E-state index in [-0.39, 0.29) is 23.0 Å². The van der Waals surface area contributed by atoms with Gasteiger partial charge in [-0.05, 0) is 11.0 Å². The lowest BCUT2D eigenvalue weighted by Gasteiger charge is -2.03. The average Bonchev–Trinajstić information content (AvgIpc) is 2.19. The fourth-order valence-electron chi connectivity index (χ4n) is 1.48. The van der Waals surface area contributed by atoms with Crippen LogP contribution in [0.3, 0.4) is 0 Å². The van der Waals surface area contributed by atoms with Crippen molar-refractivity contribution in [1.29, 1.82) is 0 Å². The number of hydrogen-bond donors (Lipinski definition) is 1. The molecule has 1 rings (SSSR count). The first-order valence-corrected chi connectivity index (χ1v) is 6.24. The van der Waals surface area contributed by atoms with Crippen molar-refractivity contribution in [3.8, 4) is 0 Å². The zero-order valence-electron chi connectivity index (χ0n) is 8.39. The summed E-state index contributed by atoms with van der Waals surface area (Å²) in [6.45, 7) is 2.09. The monoisotopic (exact) mass is 241 g/mol. The molecule has 15 heavy (non-hydrogen) atoms. The Labute approximate surface area is 103 Å². The molecule has 2 atom stereocenters. The van der Waals surface area contributed by atoms with Gasteiger partial charge in [-0.3, -0.25) is 0 Å². The average molecular weight is 241 g/mol. The highest BCUT2D eigenvalue weighted by Crippen LogP contribution is 2.41. The Balaban J connectivity index is 0.00000196. The van der Waals surface area contributed by atoms with E-state index in [1.54, 1.807) is 0 Å². The zero-order chi connectivity index (χ0) is 10.4. The Hall–Kier alpha value is -0.188. The third-order valence-corrected chi connectivity index (χ3v) is 3.37. The van der Waals surface area contributed by atoms with Gasteiger partial charge in [0.05, 0.1) is 0 Å².